The van der Waals surface area contributed by atoms with Gasteiger partial charge in [-0.3, -0.25) is 4.98 Å². The number of amides is 2. The monoisotopic (exact) mass is 639 g/mol. The van der Waals surface area contributed by atoms with Gasteiger partial charge < -0.3 is 20.5 Å². The van der Waals surface area contributed by atoms with Crippen molar-refractivity contribution < 1.29 is 49.8 Å². The molecule has 0 spiro atoms. The fraction of sp³-hybridized carbons (Fsp3) is 0.357. The third kappa shape index (κ3) is 9.17. The third-order valence-corrected chi connectivity index (χ3v) is 6.58. The number of benzene rings is 2. The molecule has 2 amide bonds. The summed E-state index contributed by atoms with van der Waals surface area (Å²) >= 11 is 5.97. The fourth-order valence-corrected chi connectivity index (χ4v) is 4.41. The van der Waals surface area contributed by atoms with Crippen LogP contribution in [0.15, 0.2) is 66.9 Å². The number of carbonyl (C=O) groups is 1. The van der Waals surface area contributed by atoms with E-state index in [2.05, 4.69) is 20.4 Å². The number of ether oxygens (including phenoxy) is 1. The predicted octanol–water partition coefficient (Wildman–Crippen LogP) is 6.85. The summed E-state index contributed by atoms with van der Waals surface area (Å²) in [4.78, 5) is 17.4. The van der Waals surface area contributed by atoms with Crippen LogP contribution >= 0.6 is 11.6 Å². The van der Waals surface area contributed by atoms with E-state index >= 15 is 0 Å². The second-order valence-electron chi connectivity index (χ2n) is 9.51. The van der Waals surface area contributed by atoms with Crippen LogP contribution in [0, 0.1) is 11.7 Å². The Balaban J connectivity index is 2.14. The summed E-state index contributed by atoms with van der Waals surface area (Å²) in [5, 5.41) is 13.7. The van der Waals surface area contributed by atoms with Crippen LogP contribution in [-0.2, 0) is 12.0 Å². The maximum Gasteiger partial charge on any atom is 0.461 e. The standard InChI is InChI=1S/C28H26ClF8N3O3/c29-20-8-9-23(38-16-20)26(14-17-5-2-1-3-6-17,40-25(42)39-15-18(7-4-10-41)27(33,34)35)19-11-21(30)13-22(12-19)43-28(36,37)24(31)32/h1-3,5-6,8-9,11-13,16,18,24,41H,4,7,10,14-15H2,(H2,39,40,42)/t18?,26-/m0/s1. The number of hydrogen-bond donors (Lipinski definition) is 3. The molecular weight excluding hydrogens is 614 g/mol. The zero-order valence-electron chi connectivity index (χ0n) is 22.2. The molecule has 1 unspecified atom stereocenters. The Hall–Kier alpha value is -3.65. The lowest BCUT2D eigenvalue weighted by Crippen LogP contribution is -2.53. The van der Waals surface area contributed by atoms with Crippen molar-refractivity contribution >= 4 is 17.6 Å². The summed E-state index contributed by atoms with van der Waals surface area (Å²) < 4.78 is 113. The molecule has 0 saturated heterocycles. The number of rotatable bonds is 13. The molecule has 3 rings (SSSR count). The van der Waals surface area contributed by atoms with Crippen LogP contribution in [0.5, 0.6) is 5.75 Å². The summed E-state index contributed by atoms with van der Waals surface area (Å²) in [5.41, 5.74) is -1.88. The number of aromatic nitrogens is 1. The Kier molecular flexibility index (Phi) is 11.2. The number of halogens is 9. The molecule has 2 atom stereocenters. The summed E-state index contributed by atoms with van der Waals surface area (Å²) in [7, 11) is 0. The van der Waals surface area contributed by atoms with Crippen molar-refractivity contribution in [1.82, 2.24) is 15.6 Å². The molecule has 3 N–H and O–H groups in total. The van der Waals surface area contributed by atoms with Crippen molar-refractivity contribution in [2.24, 2.45) is 5.92 Å². The molecular formula is C28H26ClF8N3O3. The van der Waals surface area contributed by atoms with E-state index in [-0.39, 0.29) is 29.1 Å². The molecule has 0 fully saturated rings. The summed E-state index contributed by atoms with van der Waals surface area (Å²) in [6.45, 7) is -1.40. The SMILES string of the molecule is O=C(NCC(CCCO)C(F)(F)F)N[C@@](Cc1ccccc1)(c1cc(F)cc(OC(F)(F)C(F)F)c1)c1ccc(Cl)cn1. The maximum absolute atomic E-state index is 14.9. The van der Waals surface area contributed by atoms with Crippen molar-refractivity contribution in [3.63, 3.8) is 0 Å². The van der Waals surface area contributed by atoms with Crippen molar-refractivity contribution in [3.8, 4) is 5.75 Å². The van der Waals surface area contributed by atoms with Gasteiger partial charge in [-0.15, -0.1) is 0 Å². The van der Waals surface area contributed by atoms with Crippen molar-refractivity contribution in [2.75, 3.05) is 13.2 Å². The van der Waals surface area contributed by atoms with Gasteiger partial charge in [0.25, 0.3) is 0 Å². The minimum Gasteiger partial charge on any atom is -0.428 e. The number of nitrogens with zero attached hydrogens (tertiary/aromatic N) is 1. The van der Waals surface area contributed by atoms with Gasteiger partial charge in [-0.25, -0.2) is 9.18 Å². The maximum atomic E-state index is 14.9. The van der Waals surface area contributed by atoms with Gasteiger partial charge in [0.2, 0.25) is 0 Å². The lowest BCUT2D eigenvalue weighted by Gasteiger charge is -2.36. The second kappa shape index (κ2) is 14.2. The van der Waals surface area contributed by atoms with Gasteiger partial charge in [0.15, 0.2) is 0 Å². The van der Waals surface area contributed by atoms with E-state index in [0.717, 1.165) is 18.3 Å². The molecule has 6 nitrogen and oxygen atoms in total. The molecule has 0 saturated carbocycles. The normalized spacial score (nSPS) is 14.2. The van der Waals surface area contributed by atoms with Gasteiger partial charge >= 0.3 is 24.7 Å². The molecule has 0 aliphatic rings. The van der Waals surface area contributed by atoms with E-state index < -0.39 is 67.3 Å². The van der Waals surface area contributed by atoms with Crippen molar-refractivity contribution in [2.45, 2.75) is 43.5 Å². The summed E-state index contributed by atoms with van der Waals surface area (Å²) in [6.07, 6.45) is -13.8. The minimum atomic E-state index is -5.00. The molecule has 43 heavy (non-hydrogen) atoms. The number of carbonyl (C=O) groups excluding carboxylic acids is 1. The van der Waals surface area contributed by atoms with E-state index in [1.54, 1.807) is 30.3 Å². The molecule has 0 bridgehead atoms. The highest BCUT2D eigenvalue weighted by Crippen LogP contribution is 2.37. The molecule has 3 aromatic rings. The average Bonchev–Trinajstić information content (AvgIpc) is 2.92. The highest BCUT2D eigenvalue weighted by atomic mass is 35.5. The van der Waals surface area contributed by atoms with Crippen molar-refractivity contribution in [3.05, 3.63) is 94.5 Å². The smallest absolute Gasteiger partial charge is 0.428 e. The zero-order chi connectivity index (χ0) is 31.8. The zero-order valence-corrected chi connectivity index (χ0v) is 22.9. The highest BCUT2D eigenvalue weighted by molar-refractivity contribution is 6.30. The van der Waals surface area contributed by atoms with Crippen LogP contribution in [0.1, 0.15) is 29.7 Å². The topological polar surface area (TPSA) is 83.5 Å². The number of alkyl halides is 7. The Labute approximate surface area is 246 Å². The molecule has 0 radical (unpaired) electrons. The molecule has 0 aliphatic heterocycles. The van der Waals surface area contributed by atoms with Crippen LogP contribution in [0.4, 0.5) is 39.9 Å². The number of urea groups is 1. The molecule has 15 heteroatoms. The van der Waals surface area contributed by atoms with Crippen LogP contribution in [0.2, 0.25) is 5.02 Å². The molecule has 1 aromatic heterocycles. The first kappa shape index (κ1) is 33.8. The Morgan fingerprint density at radius 3 is 2.30 bits per heavy atom. The van der Waals surface area contributed by atoms with Gasteiger partial charge in [0.1, 0.15) is 17.1 Å². The minimum absolute atomic E-state index is 0.0549. The number of aliphatic hydroxyl groups excluding tert-OH is 1. The third-order valence-electron chi connectivity index (χ3n) is 6.36. The van der Waals surface area contributed by atoms with Crippen molar-refractivity contribution in [1.29, 1.82) is 0 Å². The average molecular weight is 640 g/mol. The van der Waals surface area contributed by atoms with Gasteiger partial charge in [-0.2, -0.15) is 30.7 Å². The number of hydrogen-bond acceptors (Lipinski definition) is 4. The lowest BCUT2D eigenvalue weighted by molar-refractivity contribution is -0.253. The van der Waals surface area contributed by atoms with E-state index in [9.17, 15) is 39.9 Å². The largest absolute Gasteiger partial charge is 0.461 e. The highest BCUT2D eigenvalue weighted by Gasteiger charge is 2.45. The van der Waals surface area contributed by atoms with Gasteiger partial charge in [-0.1, -0.05) is 41.9 Å². The van der Waals surface area contributed by atoms with Gasteiger partial charge in [0, 0.05) is 31.8 Å². The molecule has 0 aliphatic carbocycles. The van der Waals surface area contributed by atoms with Crippen LogP contribution in [-0.4, -0.2) is 48.0 Å². The first-order chi connectivity index (χ1) is 20.2. The number of nitrogens with one attached hydrogen (secondary N) is 2. The first-order valence-corrected chi connectivity index (χ1v) is 13.1. The molecule has 1 heterocycles. The Morgan fingerprint density at radius 2 is 1.72 bits per heavy atom. The van der Waals surface area contributed by atoms with Crippen LogP contribution in [0.25, 0.3) is 0 Å². The number of aliphatic hydroxyl groups is 1. The van der Waals surface area contributed by atoms with E-state index in [4.69, 9.17) is 16.7 Å². The van der Waals surface area contributed by atoms with E-state index in [1.165, 1.54) is 12.1 Å². The van der Waals surface area contributed by atoms with Crippen LogP contribution < -0.4 is 15.4 Å². The van der Waals surface area contributed by atoms with Gasteiger partial charge in [0.05, 0.1) is 16.6 Å². The Morgan fingerprint density at radius 1 is 1.02 bits per heavy atom. The Bertz CT molecular complexity index is 1350. The predicted molar refractivity (Wildman–Crippen MR) is 141 cm³/mol. The van der Waals surface area contributed by atoms with E-state index in [1.807, 2.05) is 0 Å². The lowest BCUT2D eigenvalue weighted by atomic mass is 9.80. The molecule has 2 aromatic carbocycles. The first-order valence-electron chi connectivity index (χ1n) is 12.7. The second-order valence-corrected chi connectivity index (χ2v) is 9.95. The van der Waals surface area contributed by atoms with Gasteiger partial charge in [-0.05, 0) is 48.2 Å². The number of pyridine rings is 1. The summed E-state index contributed by atoms with van der Waals surface area (Å²) in [5.74, 6) is -4.25. The molecule has 234 valence electrons. The fourth-order valence-electron chi connectivity index (χ4n) is 4.29. The van der Waals surface area contributed by atoms with Crippen LogP contribution in [0.3, 0.4) is 0 Å². The summed E-state index contributed by atoms with van der Waals surface area (Å²) in [6, 6.07) is 11.6. The van der Waals surface area contributed by atoms with E-state index in [0.29, 0.717) is 11.6 Å². The quantitative estimate of drug-likeness (QED) is 0.179.